The monoisotopic (exact) mass is 368 g/mol. The summed E-state index contributed by atoms with van der Waals surface area (Å²) in [7, 11) is 3.27. The van der Waals surface area contributed by atoms with Crippen molar-refractivity contribution in [3.8, 4) is 0 Å². The second-order valence-corrected chi connectivity index (χ2v) is 6.27. The van der Waals surface area contributed by atoms with Crippen LogP contribution in [0.4, 0.5) is 0 Å². The predicted octanol–water partition coefficient (Wildman–Crippen LogP) is 3.92. The second-order valence-electron chi connectivity index (χ2n) is 6.27. The minimum Gasteiger partial charge on any atom is -0.353 e. The highest BCUT2D eigenvalue weighted by Crippen LogP contribution is 2.18. The zero-order valence-electron chi connectivity index (χ0n) is 16.1. The summed E-state index contributed by atoms with van der Waals surface area (Å²) in [6, 6.07) is 12.1. The third-order valence-electron chi connectivity index (χ3n) is 4.23. The highest BCUT2D eigenvalue weighted by atomic mass is 16.7. The van der Waals surface area contributed by atoms with Crippen molar-refractivity contribution in [3.63, 3.8) is 0 Å². The Kier molecular flexibility index (Phi) is 9.24. The number of nitrogens with one attached hydrogen (secondary N) is 1. The maximum absolute atomic E-state index is 11.8. The molecule has 0 aliphatic heterocycles. The Morgan fingerprint density at radius 1 is 1.11 bits per heavy atom. The molecule has 1 N–H and O–H groups in total. The minimum atomic E-state index is -0.310. The van der Waals surface area contributed by atoms with Gasteiger partial charge < -0.3 is 14.8 Å². The van der Waals surface area contributed by atoms with Crippen LogP contribution in [0.2, 0.25) is 0 Å². The van der Waals surface area contributed by atoms with Gasteiger partial charge in [0.05, 0.1) is 0 Å². The Morgan fingerprint density at radius 2 is 1.89 bits per heavy atom. The molecule has 0 spiro atoms. The minimum absolute atomic E-state index is 0.0692. The molecule has 5 heteroatoms. The number of carbonyl (C=O) groups excluding carboxylic acids is 1. The van der Waals surface area contributed by atoms with Crippen LogP contribution < -0.4 is 5.32 Å². The molecule has 0 aliphatic carbocycles. The molecule has 2 rings (SSSR count). The Balaban J connectivity index is 1.59. The van der Waals surface area contributed by atoms with Gasteiger partial charge in [-0.15, -0.1) is 0 Å². The van der Waals surface area contributed by atoms with Gasteiger partial charge in [0.25, 0.3) is 0 Å². The van der Waals surface area contributed by atoms with Crippen molar-refractivity contribution >= 4 is 12.0 Å². The molecule has 0 saturated carbocycles. The summed E-state index contributed by atoms with van der Waals surface area (Å²) in [5.41, 5.74) is 3.24. The van der Waals surface area contributed by atoms with E-state index in [1.807, 2.05) is 24.3 Å². The van der Waals surface area contributed by atoms with E-state index < -0.39 is 0 Å². The van der Waals surface area contributed by atoms with Crippen LogP contribution in [0.1, 0.15) is 42.2 Å². The molecule has 0 radical (unpaired) electrons. The summed E-state index contributed by atoms with van der Waals surface area (Å²) in [6.07, 6.45) is 10.6. The lowest BCUT2D eigenvalue weighted by Crippen LogP contribution is -2.21. The van der Waals surface area contributed by atoms with Crippen molar-refractivity contribution < 1.29 is 14.3 Å². The first-order valence-corrected chi connectivity index (χ1v) is 9.23. The number of rotatable bonds is 11. The van der Waals surface area contributed by atoms with Crippen LogP contribution in [0.25, 0.3) is 6.08 Å². The van der Waals surface area contributed by atoms with Crippen LogP contribution in [0.3, 0.4) is 0 Å². The van der Waals surface area contributed by atoms with E-state index >= 15 is 0 Å². The van der Waals surface area contributed by atoms with E-state index in [-0.39, 0.29) is 12.2 Å². The molecule has 2 aromatic rings. The average Bonchev–Trinajstić information content (AvgIpc) is 2.72. The van der Waals surface area contributed by atoms with Crippen molar-refractivity contribution in [3.05, 3.63) is 71.6 Å². The molecule has 27 heavy (non-hydrogen) atoms. The number of carbonyl (C=O) groups is 1. The number of pyridine rings is 1. The van der Waals surface area contributed by atoms with Gasteiger partial charge in [-0.3, -0.25) is 9.78 Å². The summed E-state index contributed by atoms with van der Waals surface area (Å²) in [4.78, 5) is 15.8. The van der Waals surface area contributed by atoms with Gasteiger partial charge in [-0.2, -0.15) is 0 Å². The fourth-order valence-corrected chi connectivity index (χ4v) is 2.76. The topological polar surface area (TPSA) is 60.5 Å². The second kappa shape index (κ2) is 12.0. The summed E-state index contributed by atoms with van der Waals surface area (Å²) in [5.74, 6) is -0.0692. The van der Waals surface area contributed by atoms with Gasteiger partial charge in [0, 0.05) is 44.8 Å². The number of methoxy groups -OCH3 is 2. The van der Waals surface area contributed by atoms with Crippen LogP contribution in [0, 0.1) is 0 Å². The van der Waals surface area contributed by atoms with Crippen molar-refractivity contribution in [2.45, 2.75) is 32.0 Å². The van der Waals surface area contributed by atoms with Crippen molar-refractivity contribution in [1.82, 2.24) is 10.3 Å². The molecule has 1 heterocycles. The number of aryl methyl sites for hydroxylation is 1. The molecule has 1 aromatic carbocycles. The molecule has 5 nitrogen and oxygen atoms in total. The maximum Gasteiger partial charge on any atom is 0.243 e. The van der Waals surface area contributed by atoms with Gasteiger partial charge in [0.2, 0.25) is 5.91 Å². The Hall–Kier alpha value is -2.50. The van der Waals surface area contributed by atoms with Crippen LogP contribution >= 0.6 is 0 Å². The first-order chi connectivity index (χ1) is 13.2. The molecule has 0 aliphatic rings. The van der Waals surface area contributed by atoms with Crippen molar-refractivity contribution in [2.75, 3.05) is 20.8 Å². The van der Waals surface area contributed by atoms with E-state index in [0.29, 0.717) is 6.54 Å². The third kappa shape index (κ3) is 7.72. The largest absolute Gasteiger partial charge is 0.353 e. The maximum atomic E-state index is 11.8. The third-order valence-corrected chi connectivity index (χ3v) is 4.23. The highest BCUT2D eigenvalue weighted by Gasteiger charge is 2.07. The van der Waals surface area contributed by atoms with Crippen molar-refractivity contribution in [2.24, 2.45) is 0 Å². The molecular formula is C22H28N2O3. The number of ether oxygens (including phenoxy) is 2. The molecule has 0 atom stereocenters. The zero-order chi connectivity index (χ0) is 19.3. The van der Waals surface area contributed by atoms with Gasteiger partial charge >= 0.3 is 0 Å². The highest BCUT2D eigenvalue weighted by molar-refractivity contribution is 5.91. The van der Waals surface area contributed by atoms with E-state index in [9.17, 15) is 4.79 Å². The summed E-state index contributed by atoms with van der Waals surface area (Å²) >= 11 is 0. The number of aromatic nitrogens is 1. The fourth-order valence-electron chi connectivity index (χ4n) is 2.76. The van der Waals surface area contributed by atoms with Crippen LogP contribution in [0.15, 0.2) is 54.9 Å². The standard InChI is InChI=1S/C22H28N2O3/c1-26-22(27-2)20-12-9-18(10-13-20)7-4-3-5-16-24-21(25)14-11-19-8-6-15-23-17-19/h6,8-15,17,22H,3-5,7,16H2,1-2H3,(H,24,25)/b14-11+. The van der Waals surface area contributed by atoms with Gasteiger partial charge in [0.1, 0.15) is 0 Å². The number of nitrogens with zero attached hydrogens (tertiary/aromatic N) is 1. The summed E-state index contributed by atoms with van der Waals surface area (Å²) in [6.45, 7) is 0.693. The lowest BCUT2D eigenvalue weighted by Gasteiger charge is -2.13. The molecule has 1 aromatic heterocycles. The first-order valence-electron chi connectivity index (χ1n) is 9.23. The summed E-state index contributed by atoms with van der Waals surface area (Å²) < 4.78 is 10.5. The molecule has 0 unspecified atom stereocenters. The number of hydrogen-bond donors (Lipinski definition) is 1. The number of benzene rings is 1. The smallest absolute Gasteiger partial charge is 0.243 e. The van der Waals surface area contributed by atoms with Gasteiger partial charge in [0.15, 0.2) is 6.29 Å². The Morgan fingerprint density at radius 3 is 2.56 bits per heavy atom. The van der Waals surface area contributed by atoms with Crippen molar-refractivity contribution in [1.29, 1.82) is 0 Å². The molecule has 0 fully saturated rings. The van der Waals surface area contributed by atoms with E-state index in [1.54, 1.807) is 38.8 Å². The molecule has 0 bridgehead atoms. The predicted molar refractivity (Wildman–Crippen MR) is 107 cm³/mol. The van der Waals surface area contributed by atoms with Crippen LogP contribution in [-0.4, -0.2) is 31.7 Å². The normalized spacial score (nSPS) is 11.2. The fraction of sp³-hybridized carbons (Fsp3) is 0.364. The number of hydrogen-bond acceptors (Lipinski definition) is 4. The van der Waals surface area contributed by atoms with E-state index in [1.165, 1.54) is 5.56 Å². The van der Waals surface area contributed by atoms with Crippen LogP contribution in [0.5, 0.6) is 0 Å². The first kappa shape index (κ1) is 20.8. The average molecular weight is 368 g/mol. The van der Waals surface area contributed by atoms with E-state index in [0.717, 1.165) is 36.8 Å². The van der Waals surface area contributed by atoms with Gasteiger partial charge in [-0.1, -0.05) is 36.8 Å². The molecule has 144 valence electrons. The lowest BCUT2D eigenvalue weighted by atomic mass is 10.0. The zero-order valence-corrected chi connectivity index (χ0v) is 16.1. The van der Waals surface area contributed by atoms with Gasteiger partial charge in [-0.05, 0) is 42.5 Å². The molecule has 0 saturated heterocycles. The Labute approximate surface area is 161 Å². The van der Waals surface area contributed by atoms with Crippen LogP contribution in [-0.2, 0) is 20.7 Å². The number of amides is 1. The Bertz CT molecular complexity index is 695. The van der Waals surface area contributed by atoms with Gasteiger partial charge in [-0.25, -0.2) is 0 Å². The molecular weight excluding hydrogens is 340 g/mol. The quantitative estimate of drug-likeness (QED) is 0.371. The lowest BCUT2D eigenvalue weighted by molar-refractivity contribution is -0.116. The summed E-state index contributed by atoms with van der Waals surface area (Å²) in [5, 5.41) is 2.91. The van der Waals surface area contributed by atoms with E-state index in [2.05, 4.69) is 22.4 Å². The molecule has 1 amide bonds. The number of unbranched alkanes of at least 4 members (excludes halogenated alkanes) is 2. The SMILES string of the molecule is COC(OC)c1ccc(CCCCCNC(=O)/C=C/c2cccnc2)cc1. The van der Waals surface area contributed by atoms with E-state index in [4.69, 9.17) is 9.47 Å².